The van der Waals surface area contributed by atoms with Gasteiger partial charge in [-0.3, -0.25) is 12.2 Å². The first-order valence-corrected chi connectivity index (χ1v) is 9.14. The quantitative estimate of drug-likeness (QED) is 0.481. The van der Waals surface area contributed by atoms with Crippen LogP contribution in [0.1, 0.15) is 69.9 Å². The molecular weight excluding hydrogens is 395 g/mol. The molecule has 2 unspecified atom stereocenters. The van der Waals surface area contributed by atoms with Gasteiger partial charge in [0.1, 0.15) is 0 Å². The average Bonchev–Trinajstić information content (AvgIpc) is 3.13. The predicted molar refractivity (Wildman–Crippen MR) is 98.8 cm³/mol. The third-order valence-electron chi connectivity index (χ3n) is 5.10. The van der Waals surface area contributed by atoms with E-state index < -0.39 is 0 Å². The van der Waals surface area contributed by atoms with Gasteiger partial charge in [0.25, 0.3) is 0 Å². The topological polar surface area (TPSA) is 0 Å². The molecule has 0 saturated heterocycles. The number of allylic oxidation sites excluding steroid dienone is 5. The van der Waals surface area contributed by atoms with Gasteiger partial charge < -0.3 is 24.8 Å². The first-order chi connectivity index (χ1) is 11.1. The van der Waals surface area contributed by atoms with Crippen molar-refractivity contribution in [2.75, 3.05) is 0 Å². The summed E-state index contributed by atoms with van der Waals surface area (Å²) < 4.78 is 0. The minimum absolute atomic E-state index is 0. The Hall–Kier alpha value is -0.266. The van der Waals surface area contributed by atoms with E-state index in [9.17, 15) is 0 Å². The number of halogens is 2. The Morgan fingerprint density at radius 3 is 2.38 bits per heavy atom. The smallest absolute Gasteiger partial charge is 1.00 e. The summed E-state index contributed by atoms with van der Waals surface area (Å²) >= 11 is 0. The van der Waals surface area contributed by atoms with Crippen molar-refractivity contribution in [3.8, 4) is 0 Å². The van der Waals surface area contributed by atoms with Gasteiger partial charge in [0.05, 0.1) is 0 Å². The van der Waals surface area contributed by atoms with Crippen LogP contribution in [-0.4, -0.2) is 0 Å². The molecule has 0 radical (unpaired) electrons. The van der Waals surface area contributed by atoms with E-state index in [1.165, 1.54) is 43.2 Å². The molecular formula is C23H28Cl2Ti. The molecule has 0 bridgehead atoms. The van der Waals surface area contributed by atoms with Crippen LogP contribution in [0, 0.1) is 24.0 Å². The molecule has 3 aliphatic carbocycles. The molecule has 0 amide bonds. The van der Waals surface area contributed by atoms with Crippen LogP contribution in [0.25, 0.3) is 6.08 Å². The van der Waals surface area contributed by atoms with Crippen molar-refractivity contribution in [3.63, 3.8) is 0 Å². The first-order valence-electron chi connectivity index (χ1n) is 9.14. The summed E-state index contributed by atoms with van der Waals surface area (Å²) in [6.07, 6.45) is 17.8. The van der Waals surface area contributed by atoms with E-state index in [0.29, 0.717) is 11.8 Å². The van der Waals surface area contributed by atoms with Gasteiger partial charge in [-0.25, -0.2) is 12.2 Å². The Bertz CT molecular complexity index is 643. The van der Waals surface area contributed by atoms with Crippen LogP contribution in [0.5, 0.6) is 0 Å². The number of hydrogen-bond acceptors (Lipinski definition) is 0. The van der Waals surface area contributed by atoms with Crippen molar-refractivity contribution in [3.05, 3.63) is 64.8 Å². The minimum Gasteiger partial charge on any atom is -1.00 e. The van der Waals surface area contributed by atoms with Crippen LogP contribution in [0.3, 0.4) is 0 Å². The Morgan fingerprint density at radius 2 is 1.69 bits per heavy atom. The molecule has 0 heterocycles. The molecule has 1 aromatic carbocycles. The van der Waals surface area contributed by atoms with Crippen LogP contribution in [0.4, 0.5) is 0 Å². The molecule has 1 aromatic rings. The molecule has 0 fully saturated rings. The van der Waals surface area contributed by atoms with E-state index in [-0.39, 0.29) is 46.5 Å². The van der Waals surface area contributed by atoms with Gasteiger partial charge in [-0.1, -0.05) is 76.5 Å². The number of rotatable bonds is 2. The minimum atomic E-state index is 0. The molecule has 0 saturated carbocycles. The van der Waals surface area contributed by atoms with Crippen LogP contribution in [-0.2, 0) is 21.7 Å². The average molecular weight is 423 g/mol. The second-order valence-electron chi connectivity index (χ2n) is 7.41. The monoisotopic (exact) mass is 422 g/mol. The van der Waals surface area contributed by atoms with Gasteiger partial charge in [0.2, 0.25) is 0 Å². The van der Waals surface area contributed by atoms with Crippen LogP contribution >= 0.6 is 0 Å². The maximum Gasteiger partial charge on any atom is 4.00 e. The van der Waals surface area contributed by atoms with E-state index in [1.54, 1.807) is 11.1 Å². The molecule has 0 nitrogen and oxygen atoms in total. The molecule has 0 spiro atoms. The zero-order valence-corrected chi connectivity index (χ0v) is 19.1. The maximum atomic E-state index is 3.43. The summed E-state index contributed by atoms with van der Waals surface area (Å²) in [5.74, 6) is 1.92. The Labute approximate surface area is 187 Å². The van der Waals surface area contributed by atoms with E-state index >= 15 is 0 Å². The van der Waals surface area contributed by atoms with E-state index in [0.717, 1.165) is 5.92 Å². The Balaban J connectivity index is 0.000000441. The number of hydrogen-bond donors (Lipinski definition) is 0. The van der Waals surface area contributed by atoms with Crippen molar-refractivity contribution < 1.29 is 46.5 Å². The third-order valence-corrected chi connectivity index (χ3v) is 5.10. The van der Waals surface area contributed by atoms with Crippen molar-refractivity contribution in [2.45, 2.75) is 58.8 Å². The van der Waals surface area contributed by atoms with Crippen molar-refractivity contribution in [1.29, 1.82) is 0 Å². The van der Waals surface area contributed by atoms with Gasteiger partial charge in [0, 0.05) is 0 Å². The Kier molecular flexibility index (Phi) is 12.1. The van der Waals surface area contributed by atoms with Crippen molar-refractivity contribution in [1.82, 2.24) is 0 Å². The second-order valence-corrected chi connectivity index (χ2v) is 7.41. The summed E-state index contributed by atoms with van der Waals surface area (Å²) in [6.45, 7) is 6.79. The van der Waals surface area contributed by atoms with Crippen molar-refractivity contribution in [2.24, 2.45) is 11.8 Å². The van der Waals surface area contributed by atoms with Crippen LogP contribution in [0.15, 0.2) is 41.5 Å². The van der Waals surface area contributed by atoms with Gasteiger partial charge in [-0.2, -0.15) is 16.7 Å². The summed E-state index contributed by atoms with van der Waals surface area (Å²) in [5.41, 5.74) is 6.08. The molecule has 2 atom stereocenters. The third kappa shape index (κ3) is 6.41. The fraction of sp³-hybridized carbons (Fsp3) is 0.478. The molecule has 0 aliphatic heterocycles. The van der Waals surface area contributed by atoms with E-state index in [2.05, 4.69) is 69.3 Å². The van der Waals surface area contributed by atoms with Gasteiger partial charge >= 0.3 is 21.7 Å². The Morgan fingerprint density at radius 1 is 1.00 bits per heavy atom. The number of benzene rings is 1. The molecule has 0 aromatic heterocycles. The first kappa shape index (κ1) is 25.7. The summed E-state index contributed by atoms with van der Waals surface area (Å²) in [4.78, 5) is 0. The van der Waals surface area contributed by atoms with Gasteiger partial charge in [-0.15, -0.1) is 11.6 Å². The van der Waals surface area contributed by atoms with E-state index in [1.807, 2.05) is 0 Å². The van der Waals surface area contributed by atoms with E-state index in [4.69, 9.17) is 0 Å². The fourth-order valence-corrected chi connectivity index (χ4v) is 3.84. The molecule has 0 N–H and O–H groups in total. The van der Waals surface area contributed by atoms with Gasteiger partial charge in [0.15, 0.2) is 0 Å². The number of fused-ring (bicyclic) bond motifs is 1. The zero-order valence-electron chi connectivity index (χ0n) is 16.0. The summed E-state index contributed by atoms with van der Waals surface area (Å²) in [7, 11) is 0. The molecule has 4 rings (SSSR count). The fourth-order valence-electron chi connectivity index (χ4n) is 3.84. The van der Waals surface area contributed by atoms with Crippen LogP contribution in [0.2, 0.25) is 0 Å². The summed E-state index contributed by atoms with van der Waals surface area (Å²) in [5, 5.41) is 0. The normalized spacial score (nSPS) is 21.7. The zero-order chi connectivity index (χ0) is 16.2. The summed E-state index contributed by atoms with van der Waals surface area (Å²) in [6, 6.07) is 8.60. The molecule has 138 valence electrons. The molecule has 3 heteroatoms. The molecule has 26 heavy (non-hydrogen) atoms. The standard InChI is InChI=1S/C13H15.C10H13.2ClH.Ti/c1-10(2)9-12-8-7-11-5-3-4-6-13(11)12;1-8-6-7-9-4-2-3-5-10(8)9;;;/h3-7,10,12H,9H2,1-2H3;7-8H,2-5H2,1H3;2*1H;/q2*-1;;;+4/p-2. The van der Waals surface area contributed by atoms with Crippen molar-refractivity contribution >= 4 is 6.08 Å². The largest absolute Gasteiger partial charge is 4.00 e. The van der Waals surface area contributed by atoms with Crippen LogP contribution < -0.4 is 24.8 Å². The predicted octanol–water partition coefficient (Wildman–Crippen LogP) is 0.518. The SMILES string of the molecule is CC(C)CC1[C-]=Cc2ccccc21.CC1[C-]=CC2=C1CCCC2.[Cl-].[Cl-].[Ti+4]. The molecule has 3 aliphatic rings. The van der Waals surface area contributed by atoms with Gasteiger partial charge in [-0.05, 0) is 12.3 Å². The maximum absolute atomic E-state index is 3.43. The second kappa shape index (κ2) is 12.2.